The summed E-state index contributed by atoms with van der Waals surface area (Å²) in [5, 5.41) is 3.09. The molecule has 0 saturated heterocycles. The summed E-state index contributed by atoms with van der Waals surface area (Å²) >= 11 is 0. The number of sulfonamides is 1. The molecule has 0 aliphatic carbocycles. The lowest BCUT2D eigenvalue weighted by molar-refractivity contribution is 0.601. The van der Waals surface area contributed by atoms with E-state index in [1.165, 1.54) is 24.4 Å². The zero-order chi connectivity index (χ0) is 18.4. The van der Waals surface area contributed by atoms with Crippen molar-refractivity contribution in [3.05, 3.63) is 84.3 Å². The molecule has 0 saturated carbocycles. The molecule has 3 rings (SSSR count). The normalized spacial score (nSPS) is 11.1. The highest BCUT2D eigenvalue weighted by atomic mass is 32.2. The third kappa shape index (κ3) is 4.58. The summed E-state index contributed by atoms with van der Waals surface area (Å²) in [4.78, 5) is 4.37. The van der Waals surface area contributed by atoms with E-state index in [2.05, 4.69) is 15.0 Å². The molecule has 3 aromatic rings. The predicted octanol–water partition coefficient (Wildman–Crippen LogP) is 3.68. The minimum absolute atomic E-state index is 0.187. The largest absolute Gasteiger partial charge is 0.370 e. The number of hydrogen-bond donors (Lipinski definition) is 2. The molecule has 7 heteroatoms. The predicted molar refractivity (Wildman–Crippen MR) is 100 cm³/mol. The van der Waals surface area contributed by atoms with Gasteiger partial charge in [0.05, 0.1) is 16.8 Å². The molecule has 2 N–H and O–H groups in total. The van der Waals surface area contributed by atoms with Gasteiger partial charge in [0.2, 0.25) is 0 Å². The van der Waals surface area contributed by atoms with Crippen LogP contribution in [0.4, 0.5) is 15.9 Å². The Labute approximate surface area is 152 Å². The second-order valence-electron chi connectivity index (χ2n) is 5.62. The van der Waals surface area contributed by atoms with Gasteiger partial charge in [-0.1, -0.05) is 36.4 Å². The minimum Gasteiger partial charge on any atom is -0.370 e. The van der Waals surface area contributed by atoms with Gasteiger partial charge in [0.1, 0.15) is 11.6 Å². The van der Waals surface area contributed by atoms with E-state index in [9.17, 15) is 12.8 Å². The number of nitrogens with zero attached hydrogens (tertiary/aromatic N) is 1. The fraction of sp³-hybridized carbons (Fsp3) is 0.105. The average molecular weight is 371 g/mol. The average Bonchev–Trinajstić information content (AvgIpc) is 2.65. The van der Waals surface area contributed by atoms with Gasteiger partial charge >= 0.3 is 0 Å². The summed E-state index contributed by atoms with van der Waals surface area (Å²) in [6.07, 6.45) is 1.96. The molecule has 0 aliphatic heterocycles. The molecule has 2 aromatic carbocycles. The van der Waals surface area contributed by atoms with Crippen LogP contribution in [-0.4, -0.2) is 19.9 Å². The molecule has 5 nitrogen and oxygen atoms in total. The van der Waals surface area contributed by atoms with E-state index < -0.39 is 10.0 Å². The topological polar surface area (TPSA) is 71.1 Å². The van der Waals surface area contributed by atoms with Gasteiger partial charge in [0.25, 0.3) is 10.0 Å². The summed E-state index contributed by atoms with van der Waals surface area (Å²) in [5.74, 6) is 0.358. The number of rotatable bonds is 7. The van der Waals surface area contributed by atoms with Crippen LogP contribution in [0.1, 0.15) is 5.56 Å². The smallest absolute Gasteiger partial charge is 0.261 e. The highest BCUT2D eigenvalue weighted by Gasteiger charge is 2.13. The van der Waals surface area contributed by atoms with Crippen molar-refractivity contribution in [3.63, 3.8) is 0 Å². The van der Waals surface area contributed by atoms with Crippen molar-refractivity contribution in [1.29, 1.82) is 0 Å². The fourth-order valence-electron chi connectivity index (χ4n) is 2.40. The molecule has 134 valence electrons. The van der Waals surface area contributed by atoms with Gasteiger partial charge in [-0.2, -0.15) is 0 Å². The third-order valence-corrected chi connectivity index (χ3v) is 5.12. The van der Waals surface area contributed by atoms with Crippen LogP contribution in [0, 0.1) is 5.82 Å². The third-order valence-electron chi connectivity index (χ3n) is 3.73. The number of anilines is 2. The minimum atomic E-state index is -3.64. The Kier molecular flexibility index (Phi) is 5.48. The molecule has 0 unspecified atom stereocenters. The van der Waals surface area contributed by atoms with Crippen molar-refractivity contribution in [2.75, 3.05) is 16.6 Å². The van der Waals surface area contributed by atoms with Gasteiger partial charge in [-0.3, -0.25) is 4.72 Å². The zero-order valence-corrected chi connectivity index (χ0v) is 14.7. The Balaban J connectivity index is 1.58. The number of nitrogens with one attached hydrogen (secondary N) is 2. The number of aromatic nitrogens is 1. The number of hydrogen-bond acceptors (Lipinski definition) is 4. The lowest BCUT2D eigenvalue weighted by atomic mass is 10.1. The number of benzene rings is 2. The summed E-state index contributed by atoms with van der Waals surface area (Å²) in [7, 11) is -3.64. The zero-order valence-electron chi connectivity index (χ0n) is 13.9. The van der Waals surface area contributed by atoms with E-state index >= 15 is 0 Å². The van der Waals surface area contributed by atoms with Gasteiger partial charge in [0.15, 0.2) is 0 Å². The molecular formula is C19H18FN3O2S. The van der Waals surface area contributed by atoms with Crippen LogP contribution in [0.15, 0.2) is 77.8 Å². The Morgan fingerprint density at radius 2 is 1.65 bits per heavy atom. The summed E-state index contributed by atoms with van der Waals surface area (Å²) < 4.78 is 40.6. The van der Waals surface area contributed by atoms with Gasteiger partial charge in [0, 0.05) is 6.54 Å². The highest BCUT2D eigenvalue weighted by molar-refractivity contribution is 7.92. The Bertz CT molecular complexity index is 962. The van der Waals surface area contributed by atoms with Gasteiger partial charge in [-0.15, -0.1) is 0 Å². The lowest BCUT2D eigenvalue weighted by Crippen LogP contribution is -2.13. The first-order valence-electron chi connectivity index (χ1n) is 8.06. The van der Waals surface area contributed by atoms with E-state index in [-0.39, 0.29) is 10.7 Å². The Morgan fingerprint density at radius 1 is 0.923 bits per heavy atom. The van der Waals surface area contributed by atoms with Crippen LogP contribution >= 0.6 is 0 Å². The summed E-state index contributed by atoms with van der Waals surface area (Å²) in [6.45, 7) is 0.517. The molecule has 0 atom stereocenters. The Hall–Kier alpha value is -2.93. The van der Waals surface area contributed by atoms with Gasteiger partial charge < -0.3 is 5.32 Å². The molecule has 0 spiro atoms. The monoisotopic (exact) mass is 371 g/mol. The maximum absolute atomic E-state index is 13.6. The molecule has 0 amide bonds. The first-order valence-corrected chi connectivity index (χ1v) is 9.54. The molecule has 1 heterocycles. The van der Waals surface area contributed by atoms with Crippen molar-refractivity contribution in [2.24, 2.45) is 0 Å². The van der Waals surface area contributed by atoms with E-state index in [1.54, 1.807) is 48.5 Å². The fourth-order valence-corrected chi connectivity index (χ4v) is 3.46. The molecule has 0 bridgehead atoms. The van der Waals surface area contributed by atoms with Gasteiger partial charge in [-0.05, 0) is 42.3 Å². The molecule has 0 aliphatic rings. The number of halogens is 1. The summed E-state index contributed by atoms with van der Waals surface area (Å²) in [5.41, 5.74) is 1.00. The molecule has 26 heavy (non-hydrogen) atoms. The maximum Gasteiger partial charge on any atom is 0.261 e. The molecule has 1 aromatic heterocycles. The lowest BCUT2D eigenvalue weighted by Gasteiger charge is -2.09. The van der Waals surface area contributed by atoms with Gasteiger partial charge in [-0.25, -0.2) is 17.8 Å². The van der Waals surface area contributed by atoms with Crippen molar-refractivity contribution >= 4 is 21.5 Å². The van der Waals surface area contributed by atoms with Crippen molar-refractivity contribution in [3.8, 4) is 0 Å². The van der Waals surface area contributed by atoms with Crippen LogP contribution in [-0.2, 0) is 16.4 Å². The summed E-state index contributed by atoms with van der Waals surface area (Å²) in [6, 6.07) is 18.0. The second-order valence-corrected chi connectivity index (χ2v) is 7.30. The molecule has 0 fully saturated rings. The van der Waals surface area contributed by atoms with Crippen LogP contribution in [0.5, 0.6) is 0 Å². The molecule has 0 radical (unpaired) electrons. The van der Waals surface area contributed by atoms with Crippen molar-refractivity contribution < 1.29 is 12.8 Å². The van der Waals surface area contributed by atoms with E-state index in [0.29, 0.717) is 30.0 Å². The van der Waals surface area contributed by atoms with Crippen LogP contribution in [0.2, 0.25) is 0 Å². The molecular weight excluding hydrogens is 353 g/mol. The first-order chi connectivity index (χ1) is 12.5. The van der Waals surface area contributed by atoms with Crippen LogP contribution in [0.25, 0.3) is 0 Å². The SMILES string of the molecule is O=S(=O)(Nc1ccc(NCCc2ccccc2F)nc1)c1ccccc1. The van der Waals surface area contributed by atoms with Crippen LogP contribution in [0.3, 0.4) is 0 Å². The first kappa shape index (κ1) is 17.9. The maximum atomic E-state index is 13.6. The van der Waals surface area contributed by atoms with E-state index in [4.69, 9.17) is 0 Å². The number of pyridine rings is 1. The quantitative estimate of drug-likeness (QED) is 0.665. The van der Waals surface area contributed by atoms with Crippen molar-refractivity contribution in [1.82, 2.24) is 4.98 Å². The highest BCUT2D eigenvalue weighted by Crippen LogP contribution is 2.16. The van der Waals surface area contributed by atoms with Crippen LogP contribution < -0.4 is 10.0 Å². The standard InChI is InChI=1S/C19H18FN3O2S/c20-18-9-5-4-6-15(18)12-13-21-19-11-10-16(14-22-19)23-26(24,25)17-7-2-1-3-8-17/h1-11,14,23H,12-13H2,(H,21,22). The van der Waals surface area contributed by atoms with E-state index in [0.717, 1.165) is 0 Å². The Morgan fingerprint density at radius 3 is 2.35 bits per heavy atom. The van der Waals surface area contributed by atoms with Crippen molar-refractivity contribution in [2.45, 2.75) is 11.3 Å². The van der Waals surface area contributed by atoms with E-state index in [1.807, 2.05) is 0 Å². The second kappa shape index (κ2) is 7.97.